The summed E-state index contributed by atoms with van der Waals surface area (Å²) in [5.41, 5.74) is 1.33. The van der Waals surface area contributed by atoms with Crippen LogP contribution in [0.25, 0.3) is 0 Å². The summed E-state index contributed by atoms with van der Waals surface area (Å²) in [5, 5.41) is 3.50. The topological polar surface area (TPSA) is 58.2 Å². The molecule has 4 nitrogen and oxygen atoms in total. The smallest absolute Gasteiger partial charge is 0.240 e. The number of anilines is 1. The first-order chi connectivity index (χ1) is 9.32. The van der Waals surface area contributed by atoms with Gasteiger partial charge in [0.1, 0.15) is 0 Å². The van der Waals surface area contributed by atoms with E-state index in [1.54, 1.807) is 12.1 Å². The van der Waals surface area contributed by atoms with E-state index in [9.17, 15) is 8.42 Å². The molecule has 0 spiro atoms. The van der Waals surface area contributed by atoms with Crippen molar-refractivity contribution in [3.8, 4) is 0 Å². The van der Waals surface area contributed by atoms with Crippen molar-refractivity contribution in [2.45, 2.75) is 31.2 Å². The lowest BCUT2D eigenvalue weighted by Gasteiger charge is -2.35. The number of nitrogens with one attached hydrogen (secondary N) is 2. The minimum atomic E-state index is -3.35. The molecule has 1 atom stereocenters. The van der Waals surface area contributed by atoms with Gasteiger partial charge in [-0.1, -0.05) is 13.8 Å². The molecule has 1 aromatic rings. The van der Waals surface area contributed by atoms with Gasteiger partial charge in [-0.05, 0) is 48.9 Å². The molecule has 1 saturated heterocycles. The molecular weight excluding hydrogens is 292 g/mol. The van der Waals surface area contributed by atoms with Crippen LogP contribution in [0.4, 0.5) is 5.69 Å². The highest BCUT2D eigenvalue weighted by Crippen LogP contribution is 2.34. The molecule has 1 unspecified atom stereocenters. The van der Waals surface area contributed by atoms with Crippen LogP contribution < -0.4 is 10.0 Å². The molecule has 1 heterocycles. The van der Waals surface area contributed by atoms with Crippen LogP contribution in [0.15, 0.2) is 29.2 Å². The highest BCUT2D eigenvalue weighted by Gasteiger charge is 2.28. The average molecular weight is 314 g/mol. The fourth-order valence-corrected chi connectivity index (χ4v) is 4.44. The van der Waals surface area contributed by atoms with Gasteiger partial charge >= 0.3 is 0 Å². The largest absolute Gasteiger partial charge is 0.381 e. The monoisotopic (exact) mass is 314 g/mol. The van der Waals surface area contributed by atoms with Gasteiger partial charge in [0.05, 0.1) is 4.90 Å². The van der Waals surface area contributed by atoms with E-state index < -0.39 is 10.0 Å². The molecule has 0 saturated carbocycles. The van der Waals surface area contributed by atoms with Crippen LogP contribution in [0.5, 0.6) is 0 Å². The summed E-state index contributed by atoms with van der Waals surface area (Å²) in [6.45, 7) is 4.58. The first-order valence-electron chi connectivity index (χ1n) is 6.70. The maximum atomic E-state index is 11.7. The highest BCUT2D eigenvalue weighted by molar-refractivity contribution is 7.99. The van der Waals surface area contributed by atoms with Crippen molar-refractivity contribution in [2.75, 3.05) is 23.9 Å². The molecule has 20 heavy (non-hydrogen) atoms. The number of rotatable bonds is 4. The van der Waals surface area contributed by atoms with Crippen molar-refractivity contribution in [3.05, 3.63) is 24.3 Å². The zero-order valence-electron chi connectivity index (χ0n) is 12.1. The van der Waals surface area contributed by atoms with Gasteiger partial charge in [0.2, 0.25) is 10.0 Å². The van der Waals surface area contributed by atoms with Crippen molar-refractivity contribution in [2.24, 2.45) is 5.41 Å². The van der Waals surface area contributed by atoms with Crippen LogP contribution >= 0.6 is 11.8 Å². The Labute approximate surface area is 125 Å². The second-order valence-electron chi connectivity index (χ2n) is 5.96. The first-order valence-corrected chi connectivity index (χ1v) is 9.34. The second-order valence-corrected chi connectivity index (χ2v) is 8.87. The third-order valence-corrected chi connectivity index (χ3v) is 6.47. The Bertz CT molecular complexity index is 553. The standard InChI is InChI=1S/C14H22N2O2S2/c1-14(2)8-12(9-19-10-14)16-11-4-6-13(7-5-11)20(17,18)15-3/h4-7,12,15-16H,8-10H2,1-3H3. The van der Waals surface area contributed by atoms with E-state index in [-0.39, 0.29) is 0 Å². The molecule has 0 aliphatic carbocycles. The molecule has 1 fully saturated rings. The molecule has 112 valence electrons. The molecule has 1 aliphatic rings. The summed E-state index contributed by atoms with van der Waals surface area (Å²) < 4.78 is 25.6. The Hall–Kier alpha value is -0.720. The zero-order valence-corrected chi connectivity index (χ0v) is 13.8. The number of sulfonamides is 1. The van der Waals surface area contributed by atoms with E-state index in [1.807, 2.05) is 23.9 Å². The molecule has 1 aliphatic heterocycles. The van der Waals surface area contributed by atoms with Crippen molar-refractivity contribution >= 4 is 27.5 Å². The van der Waals surface area contributed by atoms with Gasteiger partial charge in [-0.3, -0.25) is 0 Å². The van der Waals surface area contributed by atoms with Gasteiger partial charge in [0, 0.05) is 17.5 Å². The van der Waals surface area contributed by atoms with E-state index in [1.165, 1.54) is 12.8 Å². The molecular formula is C14H22N2O2S2. The van der Waals surface area contributed by atoms with E-state index in [4.69, 9.17) is 0 Å². The number of hydrogen-bond donors (Lipinski definition) is 2. The molecule has 0 bridgehead atoms. The number of hydrogen-bond acceptors (Lipinski definition) is 4. The van der Waals surface area contributed by atoms with E-state index in [0.717, 1.165) is 17.9 Å². The van der Waals surface area contributed by atoms with Gasteiger partial charge in [0.15, 0.2) is 0 Å². The lowest BCUT2D eigenvalue weighted by molar-refractivity contribution is 0.358. The molecule has 6 heteroatoms. The highest BCUT2D eigenvalue weighted by atomic mass is 32.2. The maximum Gasteiger partial charge on any atom is 0.240 e. The van der Waals surface area contributed by atoms with Gasteiger partial charge in [-0.2, -0.15) is 11.8 Å². The summed E-state index contributed by atoms with van der Waals surface area (Å²) in [4.78, 5) is 0.295. The summed E-state index contributed by atoms with van der Waals surface area (Å²) in [6, 6.07) is 7.37. The van der Waals surface area contributed by atoms with Gasteiger partial charge < -0.3 is 5.32 Å². The normalized spacial score (nSPS) is 22.4. The van der Waals surface area contributed by atoms with Crippen LogP contribution in [0, 0.1) is 5.41 Å². The fourth-order valence-electron chi connectivity index (χ4n) is 2.44. The van der Waals surface area contributed by atoms with Gasteiger partial charge in [0.25, 0.3) is 0 Å². The lowest BCUT2D eigenvalue weighted by atomic mass is 9.88. The summed E-state index contributed by atoms with van der Waals surface area (Å²) >= 11 is 1.97. The van der Waals surface area contributed by atoms with Crippen LogP contribution in [0.3, 0.4) is 0 Å². The van der Waals surface area contributed by atoms with Crippen molar-refractivity contribution in [3.63, 3.8) is 0 Å². The van der Waals surface area contributed by atoms with Crippen LogP contribution in [-0.2, 0) is 10.0 Å². The van der Waals surface area contributed by atoms with Crippen molar-refractivity contribution in [1.29, 1.82) is 0 Å². The number of thioether (sulfide) groups is 1. The third-order valence-electron chi connectivity index (χ3n) is 3.41. The molecule has 0 aromatic heterocycles. The SMILES string of the molecule is CNS(=O)(=O)c1ccc(NC2CSCC(C)(C)C2)cc1. The Morgan fingerprint density at radius 2 is 1.90 bits per heavy atom. The van der Waals surface area contributed by atoms with Crippen LogP contribution in [0.2, 0.25) is 0 Å². The molecule has 2 rings (SSSR count). The first kappa shape index (κ1) is 15.7. The Morgan fingerprint density at radius 1 is 1.25 bits per heavy atom. The van der Waals surface area contributed by atoms with E-state index in [2.05, 4.69) is 23.9 Å². The predicted molar refractivity (Wildman–Crippen MR) is 85.8 cm³/mol. The summed E-state index contributed by atoms with van der Waals surface area (Å²) in [5.74, 6) is 2.30. The van der Waals surface area contributed by atoms with Gasteiger partial charge in [-0.25, -0.2) is 13.1 Å². The van der Waals surface area contributed by atoms with Crippen molar-refractivity contribution < 1.29 is 8.42 Å². The quantitative estimate of drug-likeness (QED) is 0.897. The summed E-state index contributed by atoms with van der Waals surface area (Å²) in [6.07, 6.45) is 1.14. The maximum absolute atomic E-state index is 11.7. The molecule has 0 amide bonds. The van der Waals surface area contributed by atoms with Crippen molar-refractivity contribution in [1.82, 2.24) is 4.72 Å². The lowest BCUT2D eigenvalue weighted by Crippen LogP contribution is -2.35. The fraction of sp³-hybridized carbons (Fsp3) is 0.571. The molecule has 1 aromatic carbocycles. The van der Waals surface area contributed by atoms with Gasteiger partial charge in [-0.15, -0.1) is 0 Å². The third kappa shape index (κ3) is 3.90. The number of benzene rings is 1. The van der Waals surface area contributed by atoms with E-state index in [0.29, 0.717) is 16.4 Å². The molecule has 0 radical (unpaired) electrons. The minimum absolute atomic E-state index is 0.295. The summed E-state index contributed by atoms with van der Waals surface area (Å²) in [7, 11) is -1.93. The molecule has 2 N–H and O–H groups in total. The minimum Gasteiger partial charge on any atom is -0.381 e. The van der Waals surface area contributed by atoms with Crippen LogP contribution in [0.1, 0.15) is 20.3 Å². The Balaban J connectivity index is 2.04. The van der Waals surface area contributed by atoms with Crippen LogP contribution in [-0.4, -0.2) is 33.0 Å². The zero-order chi connectivity index (χ0) is 14.8. The van der Waals surface area contributed by atoms with E-state index >= 15 is 0 Å². The predicted octanol–water partition coefficient (Wildman–Crippen LogP) is 2.54. The average Bonchev–Trinajstić information content (AvgIpc) is 2.38. The Kier molecular flexibility index (Phi) is 4.66. The Morgan fingerprint density at radius 3 is 2.45 bits per heavy atom. The second kappa shape index (κ2) is 5.95.